The normalized spacial score (nSPS) is 10.4. The zero-order chi connectivity index (χ0) is 11.5. The Balaban J connectivity index is 2.02. The lowest BCUT2D eigenvalue weighted by Crippen LogP contribution is -2.00. The Bertz CT molecular complexity index is 478. The molecule has 3 nitrogen and oxygen atoms in total. The van der Waals surface area contributed by atoms with Gasteiger partial charge in [0.15, 0.2) is 0 Å². The van der Waals surface area contributed by atoms with E-state index in [4.69, 9.17) is 0 Å². The average Bonchev–Trinajstić information content (AvgIpc) is 2.57. The molecule has 2 heterocycles. The topological polar surface area (TPSA) is 37.8 Å². The predicted molar refractivity (Wildman–Crippen MR) is 63.1 cm³/mol. The second-order valence-corrected chi connectivity index (χ2v) is 4.74. The third-order valence-corrected chi connectivity index (χ3v) is 3.23. The van der Waals surface area contributed by atoms with Crippen LogP contribution in [-0.4, -0.2) is 9.97 Å². The van der Waals surface area contributed by atoms with Crippen LogP contribution in [-0.2, 0) is 6.54 Å². The first kappa shape index (κ1) is 11.0. The fraction of sp³-hybridized carbons (Fsp3) is 0.273. The van der Waals surface area contributed by atoms with Crippen LogP contribution in [0.25, 0.3) is 0 Å². The predicted octanol–water partition coefficient (Wildman–Crippen LogP) is 2.91. The Morgan fingerprint density at radius 1 is 1.38 bits per heavy atom. The second-order valence-electron chi connectivity index (χ2n) is 3.46. The summed E-state index contributed by atoms with van der Waals surface area (Å²) in [5, 5.41) is 4.19. The second kappa shape index (κ2) is 4.57. The van der Waals surface area contributed by atoms with Gasteiger partial charge in [-0.3, -0.25) is 0 Å². The third-order valence-electron chi connectivity index (χ3n) is 2.16. The van der Waals surface area contributed by atoms with Gasteiger partial charge in [-0.15, -0.1) is 11.3 Å². The van der Waals surface area contributed by atoms with E-state index in [2.05, 4.69) is 15.3 Å². The van der Waals surface area contributed by atoms with Crippen molar-refractivity contribution in [1.82, 2.24) is 9.97 Å². The highest BCUT2D eigenvalue weighted by atomic mass is 32.1. The number of pyridine rings is 1. The minimum atomic E-state index is -0.324. The molecule has 0 amide bonds. The average molecular weight is 237 g/mol. The van der Waals surface area contributed by atoms with Crippen molar-refractivity contribution in [3.8, 4) is 0 Å². The van der Waals surface area contributed by atoms with Crippen molar-refractivity contribution in [1.29, 1.82) is 0 Å². The van der Waals surface area contributed by atoms with Crippen molar-refractivity contribution in [2.24, 2.45) is 0 Å². The smallest absolute Gasteiger partial charge is 0.141 e. The van der Waals surface area contributed by atoms with E-state index in [-0.39, 0.29) is 5.82 Å². The molecule has 0 bridgehead atoms. The number of hydrogen-bond acceptors (Lipinski definition) is 4. The molecule has 2 aromatic rings. The van der Waals surface area contributed by atoms with E-state index >= 15 is 0 Å². The number of rotatable bonds is 3. The molecule has 0 unspecified atom stereocenters. The molecule has 0 atom stereocenters. The van der Waals surface area contributed by atoms with E-state index < -0.39 is 0 Å². The van der Waals surface area contributed by atoms with Gasteiger partial charge in [-0.25, -0.2) is 14.4 Å². The van der Waals surface area contributed by atoms with Gasteiger partial charge < -0.3 is 5.32 Å². The van der Waals surface area contributed by atoms with Gasteiger partial charge in [0, 0.05) is 4.88 Å². The van der Waals surface area contributed by atoms with Crippen LogP contribution in [0.5, 0.6) is 0 Å². The van der Waals surface area contributed by atoms with Gasteiger partial charge in [-0.2, -0.15) is 0 Å². The van der Waals surface area contributed by atoms with E-state index in [1.165, 1.54) is 17.1 Å². The van der Waals surface area contributed by atoms with Crippen LogP contribution in [0.3, 0.4) is 0 Å². The monoisotopic (exact) mass is 237 g/mol. The first-order valence-corrected chi connectivity index (χ1v) is 5.75. The van der Waals surface area contributed by atoms with Gasteiger partial charge in [0.05, 0.1) is 23.4 Å². The maximum atomic E-state index is 12.6. The van der Waals surface area contributed by atoms with Gasteiger partial charge in [0.25, 0.3) is 0 Å². The molecule has 2 aromatic heterocycles. The number of nitrogens with zero attached hydrogens (tertiary/aromatic N) is 2. The molecular formula is C11H12FN3S. The summed E-state index contributed by atoms with van der Waals surface area (Å²) < 4.78 is 12.6. The maximum absolute atomic E-state index is 12.6. The first-order valence-electron chi connectivity index (χ1n) is 4.93. The first-order chi connectivity index (χ1) is 7.65. The standard InChI is InChI=1S/C11H12FN3S/c1-7-10(16-8(2)15-7)6-14-11-4-3-9(12)5-13-11/h3-5H,6H2,1-2H3,(H,13,14). The van der Waals surface area contributed by atoms with Crippen LogP contribution in [0.1, 0.15) is 15.6 Å². The highest BCUT2D eigenvalue weighted by molar-refractivity contribution is 7.11. The molecule has 0 saturated heterocycles. The van der Waals surface area contributed by atoms with Crippen molar-refractivity contribution in [3.05, 3.63) is 39.7 Å². The molecule has 84 valence electrons. The number of hydrogen-bond donors (Lipinski definition) is 1. The summed E-state index contributed by atoms with van der Waals surface area (Å²) in [5.74, 6) is 0.349. The number of aromatic nitrogens is 2. The summed E-state index contributed by atoms with van der Waals surface area (Å²) in [4.78, 5) is 9.45. The largest absolute Gasteiger partial charge is 0.365 e. The van der Waals surface area contributed by atoms with E-state index in [1.807, 2.05) is 13.8 Å². The van der Waals surface area contributed by atoms with Crippen LogP contribution in [0.4, 0.5) is 10.2 Å². The lowest BCUT2D eigenvalue weighted by atomic mass is 10.4. The van der Waals surface area contributed by atoms with Crippen LogP contribution in [0, 0.1) is 19.7 Å². The van der Waals surface area contributed by atoms with Gasteiger partial charge in [-0.1, -0.05) is 0 Å². The Kier molecular flexibility index (Phi) is 3.14. The number of anilines is 1. The van der Waals surface area contributed by atoms with Crippen LogP contribution >= 0.6 is 11.3 Å². The van der Waals surface area contributed by atoms with E-state index in [0.29, 0.717) is 12.4 Å². The van der Waals surface area contributed by atoms with Gasteiger partial charge >= 0.3 is 0 Å². The molecule has 0 saturated carbocycles. The van der Waals surface area contributed by atoms with Gasteiger partial charge in [0.1, 0.15) is 11.6 Å². The highest BCUT2D eigenvalue weighted by Gasteiger charge is 2.04. The SMILES string of the molecule is Cc1nc(C)c(CNc2ccc(F)cn2)s1. The van der Waals surface area contributed by atoms with E-state index in [0.717, 1.165) is 10.7 Å². The number of nitrogens with one attached hydrogen (secondary N) is 1. The fourth-order valence-corrected chi connectivity index (χ4v) is 2.27. The molecule has 1 N–H and O–H groups in total. The summed E-state index contributed by atoms with van der Waals surface area (Å²) in [7, 11) is 0. The summed E-state index contributed by atoms with van der Waals surface area (Å²) in [5.41, 5.74) is 1.04. The van der Waals surface area contributed by atoms with Crippen molar-refractivity contribution >= 4 is 17.2 Å². The number of aryl methyl sites for hydroxylation is 2. The Morgan fingerprint density at radius 2 is 2.19 bits per heavy atom. The van der Waals surface area contributed by atoms with Crippen LogP contribution < -0.4 is 5.32 Å². The molecule has 0 spiro atoms. The highest BCUT2D eigenvalue weighted by Crippen LogP contribution is 2.18. The van der Waals surface area contributed by atoms with Crippen LogP contribution in [0.2, 0.25) is 0 Å². The maximum Gasteiger partial charge on any atom is 0.141 e. The summed E-state index contributed by atoms with van der Waals surface area (Å²) >= 11 is 1.66. The van der Waals surface area contributed by atoms with E-state index in [9.17, 15) is 4.39 Å². The molecule has 0 aliphatic carbocycles. The van der Waals surface area contributed by atoms with E-state index in [1.54, 1.807) is 17.4 Å². The molecular weight excluding hydrogens is 225 g/mol. The molecule has 0 aromatic carbocycles. The third kappa shape index (κ3) is 2.55. The van der Waals surface area contributed by atoms with Crippen molar-refractivity contribution in [2.75, 3.05) is 5.32 Å². The van der Waals surface area contributed by atoms with Crippen molar-refractivity contribution in [3.63, 3.8) is 0 Å². The quantitative estimate of drug-likeness (QED) is 0.892. The Morgan fingerprint density at radius 3 is 2.75 bits per heavy atom. The minimum absolute atomic E-state index is 0.324. The molecule has 2 rings (SSSR count). The van der Waals surface area contributed by atoms with Gasteiger partial charge in [0.2, 0.25) is 0 Å². The summed E-state index contributed by atoms with van der Waals surface area (Å²) in [6.07, 6.45) is 1.20. The summed E-state index contributed by atoms with van der Waals surface area (Å²) in [6, 6.07) is 3.01. The lowest BCUT2D eigenvalue weighted by molar-refractivity contribution is 0.621. The fourth-order valence-electron chi connectivity index (χ4n) is 1.39. The number of thiazole rings is 1. The van der Waals surface area contributed by atoms with Crippen LogP contribution in [0.15, 0.2) is 18.3 Å². The number of halogens is 1. The molecule has 0 radical (unpaired) electrons. The molecule has 0 aliphatic heterocycles. The van der Waals surface area contributed by atoms with Crippen molar-refractivity contribution < 1.29 is 4.39 Å². The molecule has 5 heteroatoms. The lowest BCUT2D eigenvalue weighted by Gasteiger charge is -2.03. The minimum Gasteiger partial charge on any atom is -0.365 e. The zero-order valence-electron chi connectivity index (χ0n) is 9.12. The summed E-state index contributed by atoms with van der Waals surface area (Å²) in [6.45, 7) is 4.64. The zero-order valence-corrected chi connectivity index (χ0v) is 9.94. The van der Waals surface area contributed by atoms with Gasteiger partial charge in [-0.05, 0) is 26.0 Å². The van der Waals surface area contributed by atoms with Crippen molar-refractivity contribution in [2.45, 2.75) is 20.4 Å². The molecule has 0 aliphatic rings. The molecule has 16 heavy (non-hydrogen) atoms. The Hall–Kier alpha value is -1.49. The molecule has 0 fully saturated rings. The Labute approximate surface area is 97.4 Å².